The highest BCUT2D eigenvalue weighted by Crippen LogP contribution is 2.24. The molecule has 6 heteroatoms. The normalized spacial score (nSPS) is 16.2. The Balaban J connectivity index is 1.72. The summed E-state index contributed by atoms with van der Waals surface area (Å²) in [6, 6.07) is 11.2. The Morgan fingerprint density at radius 3 is 2.69 bits per heavy atom. The SMILES string of the molecule is CCOc1ccccc1C(=O)NC[C@@H](c1ccc(C)o1)N1CCOCC1. The first-order valence-corrected chi connectivity index (χ1v) is 9.07. The Morgan fingerprint density at radius 1 is 1.23 bits per heavy atom. The van der Waals surface area contributed by atoms with Crippen molar-refractivity contribution >= 4 is 5.91 Å². The second-order valence-electron chi connectivity index (χ2n) is 6.25. The standard InChI is InChI=1S/C20H26N2O4/c1-3-25-18-7-5-4-6-16(18)20(23)21-14-17(19-9-8-15(2)26-19)22-10-12-24-13-11-22/h4-9,17H,3,10-14H2,1-2H3,(H,21,23)/t17-/m0/s1. The molecular weight excluding hydrogens is 332 g/mol. The lowest BCUT2D eigenvalue weighted by Crippen LogP contribution is -2.43. The average Bonchev–Trinajstić information content (AvgIpc) is 3.09. The van der Waals surface area contributed by atoms with E-state index in [9.17, 15) is 4.79 Å². The molecule has 1 aromatic carbocycles. The van der Waals surface area contributed by atoms with Crippen molar-refractivity contribution in [3.8, 4) is 5.75 Å². The van der Waals surface area contributed by atoms with Gasteiger partial charge in [-0.15, -0.1) is 0 Å². The molecule has 0 aliphatic carbocycles. The fourth-order valence-electron chi connectivity index (χ4n) is 3.15. The fraction of sp³-hybridized carbons (Fsp3) is 0.450. The van der Waals surface area contributed by atoms with Crippen LogP contribution >= 0.6 is 0 Å². The fourth-order valence-corrected chi connectivity index (χ4v) is 3.15. The van der Waals surface area contributed by atoms with Crippen LogP contribution in [-0.2, 0) is 4.74 Å². The number of nitrogens with one attached hydrogen (secondary N) is 1. The van der Waals surface area contributed by atoms with Gasteiger partial charge in [-0.1, -0.05) is 12.1 Å². The number of carbonyl (C=O) groups excluding carboxylic acids is 1. The molecule has 1 aliphatic heterocycles. The zero-order valence-corrected chi connectivity index (χ0v) is 15.4. The maximum atomic E-state index is 12.7. The van der Waals surface area contributed by atoms with Crippen LogP contribution in [-0.4, -0.2) is 50.3 Å². The van der Waals surface area contributed by atoms with Gasteiger partial charge in [0.05, 0.1) is 31.4 Å². The number of morpholine rings is 1. The molecule has 1 aromatic heterocycles. The number of hydrogen-bond donors (Lipinski definition) is 1. The number of amides is 1. The van der Waals surface area contributed by atoms with Crippen molar-refractivity contribution < 1.29 is 18.7 Å². The van der Waals surface area contributed by atoms with E-state index >= 15 is 0 Å². The molecule has 0 unspecified atom stereocenters. The summed E-state index contributed by atoms with van der Waals surface area (Å²) in [6.45, 7) is 7.83. The van der Waals surface area contributed by atoms with Crippen LogP contribution in [0.5, 0.6) is 5.75 Å². The molecule has 3 rings (SSSR count). The molecule has 2 heterocycles. The van der Waals surface area contributed by atoms with Crippen molar-refractivity contribution in [3.63, 3.8) is 0 Å². The van der Waals surface area contributed by atoms with Gasteiger partial charge in [0.25, 0.3) is 5.91 Å². The van der Waals surface area contributed by atoms with Crippen LogP contribution in [0.15, 0.2) is 40.8 Å². The van der Waals surface area contributed by atoms with Crippen LogP contribution in [0.3, 0.4) is 0 Å². The highest BCUT2D eigenvalue weighted by molar-refractivity contribution is 5.96. The van der Waals surface area contributed by atoms with E-state index < -0.39 is 0 Å². The van der Waals surface area contributed by atoms with E-state index in [4.69, 9.17) is 13.9 Å². The number of rotatable bonds is 7. The quantitative estimate of drug-likeness (QED) is 0.825. The monoisotopic (exact) mass is 358 g/mol. The van der Waals surface area contributed by atoms with Crippen molar-refractivity contribution in [2.24, 2.45) is 0 Å². The zero-order valence-electron chi connectivity index (χ0n) is 15.4. The summed E-state index contributed by atoms with van der Waals surface area (Å²) in [5.41, 5.74) is 0.547. The van der Waals surface area contributed by atoms with Crippen LogP contribution < -0.4 is 10.1 Å². The van der Waals surface area contributed by atoms with Gasteiger partial charge >= 0.3 is 0 Å². The lowest BCUT2D eigenvalue weighted by Gasteiger charge is -2.33. The number of furan rings is 1. The minimum Gasteiger partial charge on any atom is -0.493 e. The number of para-hydroxylation sites is 1. The first kappa shape index (κ1) is 18.5. The molecule has 1 fully saturated rings. The van der Waals surface area contributed by atoms with Crippen molar-refractivity contribution in [2.75, 3.05) is 39.5 Å². The van der Waals surface area contributed by atoms with Crippen LogP contribution in [0.4, 0.5) is 0 Å². The lowest BCUT2D eigenvalue weighted by molar-refractivity contribution is 0.0117. The van der Waals surface area contributed by atoms with Crippen LogP contribution in [0, 0.1) is 6.92 Å². The van der Waals surface area contributed by atoms with Crippen molar-refractivity contribution in [1.29, 1.82) is 0 Å². The van der Waals surface area contributed by atoms with E-state index in [0.29, 0.717) is 37.7 Å². The van der Waals surface area contributed by atoms with E-state index in [0.717, 1.165) is 24.6 Å². The largest absolute Gasteiger partial charge is 0.493 e. The van der Waals surface area contributed by atoms with Crippen LogP contribution in [0.2, 0.25) is 0 Å². The maximum Gasteiger partial charge on any atom is 0.255 e. The number of ether oxygens (including phenoxy) is 2. The molecule has 0 spiro atoms. The lowest BCUT2D eigenvalue weighted by atomic mass is 10.1. The second kappa shape index (κ2) is 8.87. The van der Waals surface area contributed by atoms with Gasteiger partial charge < -0.3 is 19.2 Å². The molecule has 1 saturated heterocycles. The Bertz CT molecular complexity index is 722. The summed E-state index contributed by atoms with van der Waals surface area (Å²) >= 11 is 0. The highest BCUT2D eigenvalue weighted by Gasteiger charge is 2.26. The summed E-state index contributed by atoms with van der Waals surface area (Å²) in [7, 11) is 0. The molecule has 2 aromatic rings. The van der Waals surface area contributed by atoms with Gasteiger partial charge in [-0.25, -0.2) is 0 Å². The number of nitrogens with zero attached hydrogens (tertiary/aromatic N) is 1. The molecule has 0 radical (unpaired) electrons. The molecule has 6 nitrogen and oxygen atoms in total. The number of carbonyl (C=O) groups is 1. The van der Waals surface area contributed by atoms with E-state index in [2.05, 4.69) is 10.2 Å². The van der Waals surface area contributed by atoms with Crippen LogP contribution in [0.25, 0.3) is 0 Å². The molecule has 0 saturated carbocycles. The third-order valence-electron chi connectivity index (χ3n) is 4.46. The third-order valence-corrected chi connectivity index (χ3v) is 4.46. The van der Waals surface area contributed by atoms with Gasteiger partial charge in [0.15, 0.2) is 0 Å². The summed E-state index contributed by atoms with van der Waals surface area (Å²) in [5, 5.41) is 3.04. The summed E-state index contributed by atoms with van der Waals surface area (Å²) in [4.78, 5) is 15.0. The van der Waals surface area contributed by atoms with Gasteiger partial charge in [0.1, 0.15) is 17.3 Å². The third kappa shape index (κ3) is 4.45. The van der Waals surface area contributed by atoms with Crippen molar-refractivity contribution in [1.82, 2.24) is 10.2 Å². The minimum atomic E-state index is -0.143. The van der Waals surface area contributed by atoms with Crippen LogP contribution in [0.1, 0.15) is 34.8 Å². The molecule has 1 aliphatic rings. The van der Waals surface area contributed by atoms with Crippen molar-refractivity contribution in [3.05, 3.63) is 53.5 Å². The smallest absolute Gasteiger partial charge is 0.255 e. The predicted octanol–water partition coefficient (Wildman–Crippen LogP) is 2.79. The molecule has 1 N–H and O–H groups in total. The Morgan fingerprint density at radius 2 is 2.00 bits per heavy atom. The van der Waals surface area contributed by atoms with E-state index in [1.54, 1.807) is 6.07 Å². The van der Waals surface area contributed by atoms with E-state index in [1.165, 1.54) is 0 Å². The zero-order chi connectivity index (χ0) is 18.4. The first-order chi connectivity index (χ1) is 12.7. The van der Waals surface area contributed by atoms with Gasteiger partial charge in [-0.05, 0) is 38.1 Å². The minimum absolute atomic E-state index is 0.0178. The summed E-state index contributed by atoms with van der Waals surface area (Å²) in [6.07, 6.45) is 0. The van der Waals surface area contributed by atoms with Gasteiger partial charge in [0.2, 0.25) is 0 Å². The molecule has 26 heavy (non-hydrogen) atoms. The number of hydrogen-bond acceptors (Lipinski definition) is 5. The molecule has 1 atom stereocenters. The molecular formula is C20H26N2O4. The van der Waals surface area contributed by atoms with Crippen molar-refractivity contribution in [2.45, 2.75) is 19.9 Å². The Kier molecular flexibility index (Phi) is 6.30. The summed E-state index contributed by atoms with van der Waals surface area (Å²) in [5.74, 6) is 2.19. The molecule has 1 amide bonds. The molecule has 0 bridgehead atoms. The Labute approximate surface area is 154 Å². The van der Waals surface area contributed by atoms with E-state index in [1.807, 2.05) is 44.2 Å². The van der Waals surface area contributed by atoms with Gasteiger partial charge in [-0.3, -0.25) is 9.69 Å². The highest BCUT2D eigenvalue weighted by atomic mass is 16.5. The number of aryl methyl sites for hydroxylation is 1. The predicted molar refractivity (Wildman–Crippen MR) is 98.5 cm³/mol. The maximum absolute atomic E-state index is 12.7. The Hall–Kier alpha value is -2.31. The average molecular weight is 358 g/mol. The van der Waals surface area contributed by atoms with E-state index in [-0.39, 0.29) is 11.9 Å². The number of benzene rings is 1. The van der Waals surface area contributed by atoms with Gasteiger partial charge in [0, 0.05) is 19.6 Å². The van der Waals surface area contributed by atoms with Gasteiger partial charge in [-0.2, -0.15) is 0 Å². The first-order valence-electron chi connectivity index (χ1n) is 9.07. The topological polar surface area (TPSA) is 63.9 Å². The molecule has 140 valence electrons. The second-order valence-corrected chi connectivity index (χ2v) is 6.25. The summed E-state index contributed by atoms with van der Waals surface area (Å²) < 4.78 is 16.9.